The zero-order valence-electron chi connectivity index (χ0n) is 9.23. The van der Waals surface area contributed by atoms with Gasteiger partial charge in [0, 0.05) is 30.3 Å². The lowest BCUT2D eigenvalue weighted by atomic mass is 10.3. The standard InChI is InChI=1S/C11H14N4S/c1-8-6-9-10(14-8)11(13-7-12-9)15-2-4-16-5-3-15/h6-7,14H,2-5H2,1H3. The Labute approximate surface area is 98.5 Å². The van der Waals surface area contributed by atoms with Crippen LogP contribution in [0.1, 0.15) is 5.69 Å². The van der Waals surface area contributed by atoms with Gasteiger partial charge in [-0.05, 0) is 13.0 Å². The predicted octanol–water partition coefficient (Wildman–Crippen LogP) is 1.82. The molecule has 2 aromatic heterocycles. The Bertz CT molecular complexity index is 502. The molecular formula is C11H14N4S. The first-order chi connectivity index (χ1) is 7.84. The maximum Gasteiger partial charge on any atom is 0.156 e. The molecule has 0 amide bonds. The number of anilines is 1. The van der Waals surface area contributed by atoms with E-state index in [1.807, 2.05) is 11.8 Å². The lowest BCUT2D eigenvalue weighted by Crippen LogP contribution is -2.33. The van der Waals surface area contributed by atoms with Crippen molar-refractivity contribution in [3.63, 3.8) is 0 Å². The summed E-state index contributed by atoms with van der Waals surface area (Å²) in [7, 11) is 0. The minimum atomic E-state index is 1.01. The summed E-state index contributed by atoms with van der Waals surface area (Å²) in [5.41, 5.74) is 3.23. The smallest absolute Gasteiger partial charge is 0.156 e. The monoisotopic (exact) mass is 234 g/mol. The Morgan fingerprint density at radius 1 is 1.31 bits per heavy atom. The molecule has 3 heterocycles. The highest BCUT2D eigenvalue weighted by atomic mass is 32.2. The van der Waals surface area contributed by atoms with Crippen molar-refractivity contribution in [1.29, 1.82) is 0 Å². The van der Waals surface area contributed by atoms with E-state index in [4.69, 9.17) is 0 Å². The molecule has 1 saturated heterocycles. The number of fused-ring (bicyclic) bond motifs is 1. The second-order valence-corrected chi connectivity index (χ2v) is 5.23. The van der Waals surface area contributed by atoms with Crippen LogP contribution in [-0.2, 0) is 0 Å². The molecule has 5 heteroatoms. The number of thioether (sulfide) groups is 1. The van der Waals surface area contributed by atoms with Crippen LogP contribution in [0.5, 0.6) is 0 Å². The van der Waals surface area contributed by atoms with E-state index in [0.717, 1.165) is 35.6 Å². The molecule has 0 spiro atoms. The number of rotatable bonds is 1. The Morgan fingerprint density at radius 3 is 2.94 bits per heavy atom. The predicted molar refractivity (Wildman–Crippen MR) is 68.2 cm³/mol. The maximum absolute atomic E-state index is 4.42. The van der Waals surface area contributed by atoms with Gasteiger partial charge in [-0.3, -0.25) is 0 Å². The molecule has 0 aliphatic carbocycles. The molecule has 16 heavy (non-hydrogen) atoms. The van der Waals surface area contributed by atoms with Crippen LogP contribution < -0.4 is 4.90 Å². The van der Waals surface area contributed by atoms with E-state index in [9.17, 15) is 0 Å². The number of nitrogens with zero attached hydrogens (tertiary/aromatic N) is 3. The average molecular weight is 234 g/mol. The van der Waals surface area contributed by atoms with Crippen molar-refractivity contribution < 1.29 is 0 Å². The third-order valence-electron chi connectivity index (χ3n) is 2.84. The van der Waals surface area contributed by atoms with E-state index in [0.29, 0.717) is 0 Å². The summed E-state index contributed by atoms with van der Waals surface area (Å²) >= 11 is 2.01. The van der Waals surface area contributed by atoms with Gasteiger partial charge in [-0.2, -0.15) is 11.8 Å². The topological polar surface area (TPSA) is 44.8 Å². The van der Waals surface area contributed by atoms with Crippen LogP contribution in [0.4, 0.5) is 5.82 Å². The van der Waals surface area contributed by atoms with Crippen molar-refractivity contribution in [2.24, 2.45) is 0 Å². The number of H-pyrrole nitrogens is 1. The second kappa shape index (κ2) is 3.97. The lowest BCUT2D eigenvalue weighted by Gasteiger charge is -2.27. The third-order valence-corrected chi connectivity index (χ3v) is 3.79. The summed E-state index contributed by atoms with van der Waals surface area (Å²) in [5, 5.41) is 0. The van der Waals surface area contributed by atoms with Gasteiger partial charge in [-0.15, -0.1) is 0 Å². The number of aromatic nitrogens is 3. The Hall–Kier alpha value is -1.23. The van der Waals surface area contributed by atoms with Crippen LogP contribution in [0.3, 0.4) is 0 Å². The zero-order valence-corrected chi connectivity index (χ0v) is 10.0. The molecule has 0 aromatic carbocycles. The second-order valence-electron chi connectivity index (χ2n) is 4.01. The Kier molecular flexibility index (Phi) is 2.47. The molecule has 1 aliphatic rings. The first-order valence-electron chi connectivity index (χ1n) is 5.47. The highest BCUT2D eigenvalue weighted by molar-refractivity contribution is 7.99. The van der Waals surface area contributed by atoms with Gasteiger partial charge >= 0.3 is 0 Å². The first-order valence-corrected chi connectivity index (χ1v) is 6.63. The Morgan fingerprint density at radius 2 is 2.12 bits per heavy atom. The van der Waals surface area contributed by atoms with Crippen LogP contribution in [0.25, 0.3) is 11.0 Å². The van der Waals surface area contributed by atoms with Crippen molar-refractivity contribution >= 4 is 28.6 Å². The lowest BCUT2D eigenvalue weighted by molar-refractivity contribution is 0.840. The summed E-state index contributed by atoms with van der Waals surface area (Å²) in [6.07, 6.45) is 1.66. The normalized spacial score (nSPS) is 16.9. The highest BCUT2D eigenvalue weighted by Gasteiger charge is 2.16. The van der Waals surface area contributed by atoms with Gasteiger partial charge in [0.25, 0.3) is 0 Å². The van der Waals surface area contributed by atoms with E-state index in [2.05, 4.69) is 32.8 Å². The third kappa shape index (κ3) is 1.65. The molecule has 84 valence electrons. The van der Waals surface area contributed by atoms with E-state index >= 15 is 0 Å². The van der Waals surface area contributed by atoms with Gasteiger partial charge in [-0.25, -0.2) is 9.97 Å². The van der Waals surface area contributed by atoms with Gasteiger partial charge in [-0.1, -0.05) is 0 Å². The number of hydrogen-bond donors (Lipinski definition) is 1. The number of aryl methyl sites for hydroxylation is 1. The van der Waals surface area contributed by atoms with Crippen molar-refractivity contribution in [2.45, 2.75) is 6.92 Å². The van der Waals surface area contributed by atoms with Crippen molar-refractivity contribution in [2.75, 3.05) is 29.5 Å². The zero-order chi connectivity index (χ0) is 11.0. The van der Waals surface area contributed by atoms with Gasteiger partial charge in [0.1, 0.15) is 11.8 Å². The molecule has 0 unspecified atom stereocenters. The van der Waals surface area contributed by atoms with Gasteiger partial charge < -0.3 is 9.88 Å². The fourth-order valence-electron chi connectivity index (χ4n) is 2.07. The molecule has 3 rings (SSSR count). The summed E-state index contributed by atoms with van der Waals surface area (Å²) in [6, 6.07) is 2.07. The van der Waals surface area contributed by atoms with Crippen LogP contribution in [0.2, 0.25) is 0 Å². The highest BCUT2D eigenvalue weighted by Crippen LogP contribution is 2.24. The largest absolute Gasteiger partial charge is 0.354 e. The summed E-state index contributed by atoms with van der Waals surface area (Å²) in [5.74, 6) is 3.43. The molecule has 1 fully saturated rings. The van der Waals surface area contributed by atoms with Crippen molar-refractivity contribution in [3.05, 3.63) is 18.1 Å². The van der Waals surface area contributed by atoms with E-state index in [-0.39, 0.29) is 0 Å². The van der Waals surface area contributed by atoms with E-state index in [1.54, 1.807) is 6.33 Å². The molecule has 1 N–H and O–H groups in total. The summed E-state index contributed by atoms with van der Waals surface area (Å²) < 4.78 is 0. The Balaban J connectivity index is 2.07. The van der Waals surface area contributed by atoms with Crippen LogP contribution in [0.15, 0.2) is 12.4 Å². The molecular weight excluding hydrogens is 220 g/mol. The molecule has 4 nitrogen and oxygen atoms in total. The van der Waals surface area contributed by atoms with Crippen LogP contribution in [0, 0.1) is 6.92 Å². The minimum Gasteiger partial charge on any atom is -0.354 e. The molecule has 0 atom stereocenters. The van der Waals surface area contributed by atoms with E-state index < -0.39 is 0 Å². The number of nitrogens with one attached hydrogen (secondary N) is 1. The number of hydrogen-bond acceptors (Lipinski definition) is 4. The molecule has 0 radical (unpaired) electrons. The molecule has 2 aromatic rings. The van der Waals surface area contributed by atoms with Crippen molar-refractivity contribution in [3.8, 4) is 0 Å². The molecule has 0 bridgehead atoms. The fourth-order valence-corrected chi connectivity index (χ4v) is 2.98. The summed E-state index contributed by atoms with van der Waals surface area (Å²) in [6.45, 7) is 4.21. The average Bonchev–Trinajstić information content (AvgIpc) is 2.70. The van der Waals surface area contributed by atoms with Gasteiger partial charge in [0.2, 0.25) is 0 Å². The SMILES string of the molecule is Cc1cc2ncnc(N3CCSCC3)c2[nH]1. The van der Waals surface area contributed by atoms with Crippen LogP contribution in [-0.4, -0.2) is 39.5 Å². The maximum atomic E-state index is 4.42. The fraction of sp³-hybridized carbons (Fsp3) is 0.455. The molecule has 0 saturated carbocycles. The van der Waals surface area contributed by atoms with Gasteiger partial charge in [0.15, 0.2) is 5.82 Å². The van der Waals surface area contributed by atoms with Crippen LogP contribution >= 0.6 is 11.8 Å². The minimum absolute atomic E-state index is 1.01. The number of aromatic amines is 1. The van der Waals surface area contributed by atoms with Crippen molar-refractivity contribution in [1.82, 2.24) is 15.0 Å². The van der Waals surface area contributed by atoms with E-state index in [1.165, 1.54) is 11.5 Å². The quantitative estimate of drug-likeness (QED) is 0.817. The molecule has 1 aliphatic heterocycles. The summed E-state index contributed by atoms with van der Waals surface area (Å²) in [4.78, 5) is 14.4. The van der Waals surface area contributed by atoms with Gasteiger partial charge in [0.05, 0.1) is 5.52 Å². The first kappa shape index (κ1) is 9.96.